The number of amides is 3. The molecular formula is C29H24BrN3O5S. The van der Waals surface area contributed by atoms with Crippen molar-refractivity contribution in [1.82, 2.24) is 4.90 Å². The van der Waals surface area contributed by atoms with E-state index >= 15 is 0 Å². The van der Waals surface area contributed by atoms with Gasteiger partial charge in [0, 0.05) is 10.2 Å². The van der Waals surface area contributed by atoms with Crippen molar-refractivity contribution in [3.8, 4) is 17.6 Å². The lowest BCUT2D eigenvalue weighted by Crippen LogP contribution is -2.27. The van der Waals surface area contributed by atoms with Gasteiger partial charge in [0.05, 0.1) is 30.2 Å². The van der Waals surface area contributed by atoms with E-state index in [0.29, 0.717) is 33.9 Å². The average molecular weight is 606 g/mol. The third-order valence-electron chi connectivity index (χ3n) is 6.18. The monoisotopic (exact) mass is 605 g/mol. The number of nitrogens with zero attached hydrogens (tertiary/aromatic N) is 2. The Balaban J connectivity index is 1.44. The van der Waals surface area contributed by atoms with Crippen LogP contribution in [-0.4, -0.2) is 35.7 Å². The molecule has 0 aliphatic carbocycles. The van der Waals surface area contributed by atoms with Crippen molar-refractivity contribution >= 4 is 56.5 Å². The SMILES string of the molecule is COc1cc(/C=C2/SC(=O)N(Cc3ccccc3C#N)C2=O)ccc1OCC(=O)Nc1ccc(Br)c(C)c1C. The van der Waals surface area contributed by atoms with Crippen molar-refractivity contribution in [2.24, 2.45) is 0 Å². The van der Waals surface area contributed by atoms with Crippen molar-refractivity contribution in [2.45, 2.75) is 20.4 Å². The normalized spacial score (nSPS) is 13.9. The first-order valence-electron chi connectivity index (χ1n) is 11.8. The van der Waals surface area contributed by atoms with Crippen molar-refractivity contribution < 1.29 is 23.9 Å². The molecule has 8 nitrogen and oxygen atoms in total. The zero-order valence-electron chi connectivity index (χ0n) is 21.4. The molecule has 3 aromatic carbocycles. The maximum atomic E-state index is 13.0. The summed E-state index contributed by atoms with van der Waals surface area (Å²) in [6, 6.07) is 17.6. The van der Waals surface area contributed by atoms with Gasteiger partial charge in [0.1, 0.15) is 0 Å². The molecule has 198 valence electrons. The van der Waals surface area contributed by atoms with E-state index < -0.39 is 11.1 Å². The van der Waals surface area contributed by atoms with Crippen LogP contribution in [0, 0.1) is 25.2 Å². The number of halogens is 1. The molecule has 1 fully saturated rings. The first-order valence-corrected chi connectivity index (χ1v) is 13.4. The number of thioether (sulfide) groups is 1. The highest BCUT2D eigenvalue weighted by molar-refractivity contribution is 9.10. The highest BCUT2D eigenvalue weighted by Gasteiger charge is 2.35. The summed E-state index contributed by atoms with van der Waals surface area (Å²) in [7, 11) is 1.47. The van der Waals surface area contributed by atoms with E-state index in [-0.39, 0.29) is 24.0 Å². The number of hydrogen-bond acceptors (Lipinski definition) is 7. The second-order valence-electron chi connectivity index (χ2n) is 8.63. The number of carbonyl (C=O) groups is 3. The minimum atomic E-state index is -0.438. The molecule has 3 amide bonds. The van der Waals surface area contributed by atoms with Crippen LogP contribution >= 0.6 is 27.7 Å². The van der Waals surface area contributed by atoms with E-state index in [0.717, 1.165) is 32.3 Å². The van der Waals surface area contributed by atoms with Crippen LogP contribution < -0.4 is 14.8 Å². The van der Waals surface area contributed by atoms with E-state index in [1.165, 1.54) is 7.11 Å². The number of benzene rings is 3. The number of carbonyl (C=O) groups excluding carboxylic acids is 3. The Bertz CT molecular complexity index is 1550. The van der Waals surface area contributed by atoms with Crippen molar-refractivity contribution in [3.05, 3.63) is 91.8 Å². The summed E-state index contributed by atoms with van der Waals surface area (Å²) in [6.45, 7) is 3.68. The first-order chi connectivity index (χ1) is 18.7. The third-order valence-corrected chi connectivity index (χ3v) is 7.95. The van der Waals surface area contributed by atoms with E-state index in [1.807, 2.05) is 26.0 Å². The fourth-order valence-corrected chi connectivity index (χ4v) is 5.14. The predicted octanol–water partition coefficient (Wildman–Crippen LogP) is 6.20. The van der Waals surface area contributed by atoms with Gasteiger partial charge in [-0.25, -0.2) is 0 Å². The standard InChI is InChI=1S/C29H24BrN3O5S/c1-17-18(2)23(10-9-22(17)30)32-27(34)16-38-24-11-8-19(12-25(24)37-3)13-26-28(35)33(29(36)39-26)15-21-7-5-4-6-20(21)14-31/h4-13H,15-16H2,1-3H3,(H,32,34)/b26-13+. The van der Waals surface area contributed by atoms with Crippen LogP contribution in [0.25, 0.3) is 6.08 Å². The summed E-state index contributed by atoms with van der Waals surface area (Å²) >= 11 is 4.31. The summed E-state index contributed by atoms with van der Waals surface area (Å²) in [5, 5.41) is 11.8. The molecule has 4 rings (SSSR count). The topological polar surface area (TPSA) is 109 Å². The summed E-state index contributed by atoms with van der Waals surface area (Å²) in [5.41, 5.74) is 4.33. The summed E-state index contributed by atoms with van der Waals surface area (Å²) in [5.74, 6) is -0.0334. The van der Waals surface area contributed by atoms with Gasteiger partial charge < -0.3 is 14.8 Å². The second kappa shape index (κ2) is 12.2. The number of nitrogens with one attached hydrogen (secondary N) is 1. The Morgan fingerprint density at radius 2 is 1.87 bits per heavy atom. The molecule has 1 aliphatic heterocycles. The predicted molar refractivity (Wildman–Crippen MR) is 153 cm³/mol. The van der Waals surface area contributed by atoms with Crippen LogP contribution in [0.3, 0.4) is 0 Å². The number of methoxy groups -OCH3 is 1. The van der Waals surface area contributed by atoms with Crippen LogP contribution in [0.4, 0.5) is 10.5 Å². The van der Waals surface area contributed by atoms with Crippen molar-refractivity contribution in [1.29, 1.82) is 5.26 Å². The summed E-state index contributed by atoms with van der Waals surface area (Å²) in [6.07, 6.45) is 1.60. The Morgan fingerprint density at radius 1 is 1.10 bits per heavy atom. The molecule has 1 heterocycles. The Labute approximate surface area is 238 Å². The van der Waals surface area contributed by atoms with E-state index in [9.17, 15) is 19.6 Å². The van der Waals surface area contributed by atoms with Crippen LogP contribution in [-0.2, 0) is 16.1 Å². The van der Waals surface area contributed by atoms with Gasteiger partial charge in [0.25, 0.3) is 17.1 Å². The number of ether oxygens (including phenoxy) is 2. The van der Waals surface area contributed by atoms with Crippen molar-refractivity contribution in [3.63, 3.8) is 0 Å². The van der Waals surface area contributed by atoms with Crippen LogP contribution in [0.5, 0.6) is 11.5 Å². The minimum Gasteiger partial charge on any atom is -0.493 e. The summed E-state index contributed by atoms with van der Waals surface area (Å²) < 4.78 is 12.1. The molecule has 39 heavy (non-hydrogen) atoms. The van der Waals surface area contributed by atoms with Gasteiger partial charge in [0.15, 0.2) is 18.1 Å². The summed E-state index contributed by atoms with van der Waals surface area (Å²) in [4.78, 5) is 39.4. The van der Waals surface area contributed by atoms with Gasteiger partial charge >= 0.3 is 0 Å². The molecule has 0 unspecified atom stereocenters. The second-order valence-corrected chi connectivity index (χ2v) is 10.5. The smallest absolute Gasteiger partial charge is 0.293 e. The Hall–Kier alpha value is -4.07. The van der Waals surface area contributed by atoms with E-state index in [2.05, 4.69) is 27.3 Å². The molecule has 3 aromatic rings. The minimum absolute atomic E-state index is 0.0171. The maximum absolute atomic E-state index is 13.0. The Kier molecular flexibility index (Phi) is 8.74. The van der Waals surface area contributed by atoms with Crippen LogP contribution in [0.1, 0.15) is 27.8 Å². The highest BCUT2D eigenvalue weighted by atomic mass is 79.9. The van der Waals surface area contributed by atoms with Crippen molar-refractivity contribution in [2.75, 3.05) is 19.0 Å². The molecule has 0 spiro atoms. The number of nitriles is 1. The third kappa shape index (κ3) is 6.33. The quantitative estimate of drug-likeness (QED) is 0.304. The van der Waals surface area contributed by atoms with Gasteiger partial charge in [-0.1, -0.05) is 40.2 Å². The lowest BCUT2D eigenvalue weighted by atomic mass is 10.1. The lowest BCUT2D eigenvalue weighted by molar-refractivity contribution is -0.123. The molecule has 0 saturated carbocycles. The largest absolute Gasteiger partial charge is 0.493 e. The number of anilines is 1. The van der Waals surface area contributed by atoms with E-state index in [1.54, 1.807) is 48.5 Å². The molecule has 0 bridgehead atoms. The zero-order valence-corrected chi connectivity index (χ0v) is 23.8. The Morgan fingerprint density at radius 3 is 2.62 bits per heavy atom. The molecule has 0 aromatic heterocycles. The van der Waals surface area contributed by atoms with Gasteiger partial charge in [0.2, 0.25) is 0 Å². The fourth-order valence-electron chi connectivity index (χ4n) is 3.87. The molecule has 0 radical (unpaired) electrons. The average Bonchev–Trinajstić information content (AvgIpc) is 3.20. The maximum Gasteiger partial charge on any atom is 0.293 e. The highest BCUT2D eigenvalue weighted by Crippen LogP contribution is 2.35. The number of rotatable bonds is 8. The van der Waals surface area contributed by atoms with Crippen LogP contribution in [0.2, 0.25) is 0 Å². The van der Waals surface area contributed by atoms with Gasteiger partial charge in [-0.2, -0.15) is 5.26 Å². The van der Waals surface area contributed by atoms with Crippen LogP contribution in [0.15, 0.2) is 64.0 Å². The van der Waals surface area contributed by atoms with Gasteiger partial charge in [-0.05, 0) is 84.3 Å². The molecule has 1 aliphatic rings. The molecule has 1 saturated heterocycles. The first kappa shape index (κ1) is 28.0. The number of imide groups is 1. The van der Waals surface area contributed by atoms with Gasteiger partial charge in [-0.15, -0.1) is 0 Å². The fraction of sp³-hybridized carbons (Fsp3) is 0.172. The van der Waals surface area contributed by atoms with E-state index in [4.69, 9.17) is 9.47 Å². The molecule has 10 heteroatoms. The number of hydrogen-bond donors (Lipinski definition) is 1. The molecular weight excluding hydrogens is 582 g/mol. The zero-order chi connectivity index (χ0) is 28.1. The molecule has 1 N–H and O–H groups in total. The molecule has 0 atom stereocenters. The van der Waals surface area contributed by atoms with Gasteiger partial charge in [-0.3, -0.25) is 19.3 Å². The lowest BCUT2D eigenvalue weighted by Gasteiger charge is -2.14.